The smallest absolute Gasteiger partial charge is 0.233 e. The molecule has 0 spiro atoms. The Balaban J connectivity index is 2.05. The van der Waals surface area contributed by atoms with Gasteiger partial charge in [-0.25, -0.2) is 0 Å². The Morgan fingerprint density at radius 2 is 1.12 bits per heavy atom. The first kappa shape index (κ1) is 35.6. The van der Waals surface area contributed by atoms with Crippen molar-refractivity contribution in [2.75, 3.05) is 58.5 Å². The lowest BCUT2D eigenvalue weighted by molar-refractivity contribution is -0.132. The summed E-state index contributed by atoms with van der Waals surface area (Å²) in [4.78, 5) is 19.6. The van der Waals surface area contributed by atoms with Gasteiger partial charge < -0.3 is 45.8 Å². The van der Waals surface area contributed by atoms with Crippen LogP contribution in [-0.2, 0) is 11.2 Å². The molecule has 2 aliphatic heterocycles. The number of thioether (sulfide) groups is 5. The van der Waals surface area contributed by atoms with Crippen LogP contribution < -0.4 is 0 Å². The highest BCUT2D eigenvalue weighted by Gasteiger charge is 2.47. The summed E-state index contributed by atoms with van der Waals surface area (Å²) in [6.07, 6.45) is 0.241. The largest absolute Gasteiger partial charge is 0.396 e. The summed E-state index contributed by atoms with van der Waals surface area (Å²) >= 11 is 7.82. The molecule has 1 aromatic rings. The van der Waals surface area contributed by atoms with E-state index >= 15 is 0 Å². The number of aliphatic hydroxyl groups excluding tert-OH is 8. The van der Waals surface area contributed by atoms with E-state index in [1.54, 1.807) is 47.0 Å². The number of hydrogen-bond acceptors (Lipinski definition) is 14. The van der Waals surface area contributed by atoms with Gasteiger partial charge in [0, 0.05) is 64.0 Å². The standard InChI is InChI=1S/C26H41NO9S5/c1-2-18-20-23(40-25(38-20,3-7-28)4-8-29)22(24-21(18)39-26(41-24,5-9-30)6-10-31)37-15-19(36)27(11-16(34)13-32)12-17(35)14-33/h16-17,28-35H,2-15H2,1H3. The maximum atomic E-state index is 13.4. The second kappa shape index (κ2) is 16.4. The third-order valence-corrected chi connectivity index (χ3v) is 15.1. The zero-order chi connectivity index (χ0) is 30.2. The van der Waals surface area contributed by atoms with E-state index in [1.165, 1.54) is 16.7 Å². The quantitative estimate of drug-likeness (QED) is 0.104. The number of carbonyl (C=O) groups is 1. The van der Waals surface area contributed by atoms with E-state index in [9.17, 15) is 45.6 Å². The minimum absolute atomic E-state index is 0.0307. The highest BCUT2D eigenvalue weighted by atomic mass is 32.2. The van der Waals surface area contributed by atoms with Gasteiger partial charge in [0.1, 0.15) is 0 Å². The molecule has 1 amide bonds. The average molecular weight is 672 g/mol. The van der Waals surface area contributed by atoms with E-state index in [0.29, 0.717) is 25.7 Å². The number of hydrogen-bond donors (Lipinski definition) is 8. The first-order valence-electron chi connectivity index (χ1n) is 13.6. The van der Waals surface area contributed by atoms with Crippen molar-refractivity contribution in [1.29, 1.82) is 0 Å². The molecular formula is C26H41NO9S5. The fraction of sp³-hybridized carbons (Fsp3) is 0.731. The third kappa shape index (κ3) is 8.44. The summed E-state index contributed by atoms with van der Waals surface area (Å²) in [7, 11) is 0. The molecule has 1 aromatic carbocycles. The minimum atomic E-state index is -1.19. The molecule has 0 saturated heterocycles. The first-order valence-corrected chi connectivity index (χ1v) is 17.8. The van der Waals surface area contributed by atoms with Crippen LogP contribution in [-0.4, -0.2) is 131 Å². The fourth-order valence-electron chi connectivity index (χ4n) is 4.79. The van der Waals surface area contributed by atoms with E-state index in [0.717, 1.165) is 36.5 Å². The second-order valence-corrected chi connectivity index (χ2v) is 16.9. The summed E-state index contributed by atoms with van der Waals surface area (Å²) < 4.78 is -0.926. The minimum Gasteiger partial charge on any atom is -0.396 e. The number of carbonyl (C=O) groups excluding carboxylic acids is 1. The van der Waals surface area contributed by atoms with Crippen molar-refractivity contribution < 1.29 is 45.6 Å². The summed E-state index contributed by atoms with van der Waals surface area (Å²) in [5, 5.41) is 78.1. The molecule has 8 N–H and O–H groups in total. The SMILES string of the molecule is CCc1c2c(c(SCC(=O)N(CC(O)CO)CC(O)CO)c3c1SC(CCO)(CCO)S3)SC(CCO)(CCO)S2. The summed E-state index contributed by atoms with van der Waals surface area (Å²) in [6.45, 7) is 0.437. The molecule has 2 unspecified atom stereocenters. The van der Waals surface area contributed by atoms with Crippen molar-refractivity contribution in [2.24, 2.45) is 0 Å². The predicted molar refractivity (Wildman–Crippen MR) is 165 cm³/mol. The van der Waals surface area contributed by atoms with Crippen LogP contribution in [0.3, 0.4) is 0 Å². The van der Waals surface area contributed by atoms with Crippen molar-refractivity contribution in [3.05, 3.63) is 5.56 Å². The van der Waals surface area contributed by atoms with Gasteiger partial charge >= 0.3 is 0 Å². The molecular weight excluding hydrogens is 631 g/mol. The van der Waals surface area contributed by atoms with Crippen molar-refractivity contribution in [2.45, 2.75) is 83.9 Å². The van der Waals surface area contributed by atoms with E-state index in [2.05, 4.69) is 6.92 Å². The van der Waals surface area contributed by atoms with Gasteiger partial charge in [-0.2, -0.15) is 0 Å². The Labute approximate surface area is 262 Å². The van der Waals surface area contributed by atoms with Crippen LogP contribution in [0, 0.1) is 0 Å². The lowest BCUT2D eigenvalue weighted by Crippen LogP contribution is -2.44. The number of fused-ring (bicyclic) bond motifs is 2. The molecule has 0 bridgehead atoms. The van der Waals surface area contributed by atoms with Crippen LogP contribution in [0.5, 0.6) is 0 Å². The Hall–Kier alpha value is 0.120. The lowest BCUT2D eigenvalue weighted by atomic mass is 10.1. The van der Waals surface area contributed by atoms with Gasteiger partial charge in [-0.3, -0.25) is 4.79 Å². The van der Waals surface area contributed by atoms with Crippen molar-refractivity contribution in [3.63, 3.8) is 0 Å². The van der Waals surface area contributed by atoms with Gasteiger partial charge in [0.25, 0.3) is 0 Å². The molecule has 2 heterocycles. The second-order valence-electron chi connectivity index (χ2n) is 9.86. The van der Waals surface area contributed by atoms with E-state index in [-0.39, 0.29) is 51.2 Å². The number of benzene rings is 1. The number of amides is 1. The molecule has 15 heteroatoms. The molecule has 0 saturated carbocycles. The first-order chi connectivity index (χ1) is 19.7. The van der Waals surface area contributed by atoms with E-state index in [4.69, 9.17) is 0 Å². The Bertz CT molecular complexity index is 957. The molecule has 41 heavy (non-hydrogen) atoms. The number of aliphatic hydroxyl groups is 8. The summed E-state index contributed by atoms with van der Waals surface area (Å²) in [5.41, 5.74) is 1.15. The van der Waals surface area contributed by atoms with E-state index < -0.39 is 33.6 Å². The van der Waals surface area contributed by atoms with Gasteiger partial charge in [-0.15, -0.1) is 58.8 Å². The van der Waals surface area contributed by atoms with Crippen molar-refractivity contribution in [1.82, 2.24) is 4.90 Å². The van der Waals surface area contributed by atoms with Gasteiger partial charge in [-0.05, 0) is 37.7 Å². The maximum absolute atomic E-state index is 13.4. The molecule has 0 fully saturated rings. The Morgan fingerprint density at radius 3 is 1.46 bits per heavy atom. The summed E-state index contributed by atoms with van der Waals surface area (Å²) in [5.74, 6) is -0.408. The Kier molecular flexibility index (Phi) is 14.3. The molecule has 10 nitrogen and oxygen atoms in total. The fourth-order valence-corrected chi connectivity index (χ4v) is 13.4. The number of nitrogens with zero attached hydrogens (tertiary/aromatic N) is 1. The molecule has 3 rings (SSSR count). The van der Waals surface area contributed by atoms with Crippen LogP contribution in [0.25, 0.3) is 0 Å². The van der Waals surface area contributed by atoms with Crippen LogP contribution in [0.1, 0.15) is 38.2 Å². The zero-order valence-corrected chi connectivity index (χ0v) is 27.1. The van der Waals surface area contributed by atoms with Crippen LogP contribution in [0.2, 0.25) is 0 Å². The van der Waals surface area contributed by atoms with Gasteiger partial charge in [0.2, 0.25) is 5.91 Å². The number of rotatable bonds is 18. The highest BCUT2D eigenvalue weighted by Crippen LogP contribution is 2.69. The summed E-state index contributed by atoms with van der Waals surface area (Å²) in [6, 6.07) is 0. The third-order valence-electron chi connectivity index (χ3n) is 6.83. The van der Waals surface area contributed by atoms with Crippen LogP contribution in [0.4, 0.5) is 0 Å². The average Bonchev–Trinajstić information content (AvgIpc) is 3.49. The molecule has 0 aliphatic carbocycles. The van der Waals surface area contributed by atoms with Crippen LogP contribution >= 0.6 is 58.8 Å². The Morgan fingerprint density at radius 1 is 0.732 bits per heavy atom. The molecule has 0 aromatic heterocycles. The molecule has 0 radical (unpaired) electrons. The van der Waals surface area contributed by atoms with Gasteiger partial charge in [0.15, 0.2) is 0 Å². The lowest BCUT2D eigenvalue weighted by Gasteiger charge is -2.27. The monoisotopic (exact) mass is 671 g/mol. The highest BCUT2D eigenvalue weighted by molar-refractivity contribution is 8.22. The molecule has 2 aliphatic rings. The molecule has 234 valence electrons. The van der Waals surface area contributed by atoms with Crippen molar-refractivity contribution >= 4 is 64.7 Å². The predicted octanol–water partition coefficient (Wildman–Crippen LogP) is 1.19. The molecule has 2 atom stereocenters. The van der Waals surface area contributed by atoms with Crippen LogP contribution in [0.15, 0.2) is 24.5 Å². The topological polar surface area (TPSA) is 182 Å². The zero-order valence-electron chi connectivity index (χ0n) is 23.0. The van der Waals surface area contributed by atoms with Gasteiger partial charge in [0.05, 0.1) is 39.3 Å². The van der Waals surface area contributed by atoms with Crippen molar-refractivity contribution in [3.8, 4) is 0 Å². The maximum Gasteiger partial charge on any atom is 0.233 e. The van der Waals surface area contributed by atoms with E-state index in [1.807, 2.05) is 0 Å². The van der Waals surface area contributed by atoms with Gasteiger partial charge in [-0.1, -0.05) is 6.92 Å². The normalized spacial score (nSPS) is 18.3.